The van der Waals surface area contributed by atoms with E-state index in [9.17, 15) is 4.79 Å². The number of nitrogens with zero attached hydrogens (tertiary/aromatic N) is 3. The number of rotatable bonds is 10. The number of carbonyl (C=O) groups is 1. The normalized spacial score (nSPS) is 13.9. The lowest BCUT2D eigenvalue weighted by molar-refractivity contribution is 0.143. The summed E-state index contributed by atoms with van der Waals surface area (Å²) in [6.45, 7) is 6.77. The Morgan fingerprint density at radius 3 is 2.94 bits per heavy atom. The number of amides is 1. The van der Waals surface area contributed by atoms with Crippen LogP contribution in [0, 0.1) is 0 Å². The fourth-order valence-corrected chi connectivity index (χ4v) is 3.68. The highest BCUT2D eigenvalue weighted by Crippen LogP contribution is 2.42. The van der Waals surface area contributed by atoms with Crippen LogP contribution in [0.3, 0.4) is 0 Å². The van der Waals surface area contributed by atoms with Gasteiger partial charge in [-0.1, -0.05) is 24.2 Å². The van der Waals surface area contributed by atoms with Gasteiger partial charge in [0.15, 0.2) is 5.82 Å². The van der Waals surface area contributed by atoms with Gasteiger partial charge in [0.05, 0.1) is 18.6 Å². The van der Waals surface area contributed by atoms with Gasteiger partial charge in [-0.25, -0.2) is 14.8 Å². The number of nitrogens with one attached hydrogen (secondary N) is 1. The first kappa shape index (κ1) is 22.9. The van der Waals surface area contributed by atoms with Crippen molar-refractivity contribution in [3.63, 3.8) is 0 Å². The smallest absolute Gasteiger partial charge is 0.407 e. The van der Waals surface area contributed by atoms with Crippen LogP contribution in [-0.4, -0.2) is 27.4 Å². The molecular weight excluding hydrogens is 442 g/mol. The van der Waals surface area contributed by atoms with Gasteiger partial charge in [-0.15, -0.1) is 0 Å². The molecule has 0 radical (unpaired) electrons. The first-order valence-electron chi connectivity index (χ1n) is 11.0. The summed E-state index contributed by atoms with van der Waals surface area (Å²) in [7, 11) is 0. The van der Waals surface area contributed by atoms with Crippen LogP contribution < -0.4 is 11.1 Å². The summed E-state index contributed by atoms with van der Waals surface area (Å²) in [6.07, 6.45) is 5.09. The Hall–Kier alpha value is -3.26. The Morgan fingerprint density at radius 2 is 2.21 bits per heavy atom. The number of aromatic nitrogens is 2. The van der Waals surface area contributed by atoms with Gasteiger partial charge in [0, 0.05) is 24.4 Å². The number of fused-ring (bicyclic) bond motifs is 1. The largest absolute Gasteiger partial charge is 0.461 e. The predicted molar refractivity (Wildman–Crippen MR) is 130 cm³/mol. The van der Waals surface area contributed by atoms with Crippen LogP contribution in [0.15, 0.2) is 46.6 Å². The first-order chi connectivity index (χ1) is 15.9. The number of unbranched alkanes of at least 4 members (excludes halogenated alkanes) is 1. The highest BCUT2D eigenvalue weighted by atomic mass is 35.5. The molecule has 0 atom stereocenters. The predicted octanol–water partition coefficient (Wildman–Crippen LogP) is 5.43. The lowest BCUT2D eigenvalue weighted by Crippen LogP contribution is -2.24. The monoisotopic (exact) mass is 469 g/mol. The van der Waals surface area contributed by atoms with Crippen LogP contribution >= 0.6 is 11.6 Å². The van der Waals surface area contributed by atoms with E-state index in [-0.39, 0.29) is 0 Å². The molecule has 0 saturated heterocycles. The van der Waals surface area contributed by atoms with Gasteiger partial charge < -0.3 is 24.8 Å². The van der Waals surface area contributed by atoms with Crippen molar-refractivity contribution in [3.05, 3.63) is 54.2 Å². The third-order valence-electron chi connectivity index (χ3n) is 5.42. The summed E-state index contributed by atoms with van der Waals surface area (Å²) in [5.41, 5.74) is 8.52. The molecule has 3 N–H and O–H groups in total. The number of ether oxygens (including phenoxy) is 1. The van der Waals surface area contributed by atoms with E-state index in [0.717, 1.165) is 28.7 Å². The van der Waals surface area contributed by atoms with Gasteiger partial charge in [-0.2, -0.15) is 0 Å². The molecular formula is C24H28ClN5O3. The van der Waals surface area contributed by atoms with Crippen LogP contribution in [-0.2, 0) is 17.8 Å². The van der Waals surface area contributed by atoms with Crippen molar-refractivity contribution in [2.24, 2.45) is 10.7 Å². The topological polar surface area (TPSA) is 108 Å². The number of aryl methyl sites for hydroxylation is 1. The van der Waals surface area contributed by atoms with E-state index in [0.29, 0.717) is 54.4 Å². The molecule has 1 amide bonds. The highest BCUT2D eigenvalue weighted by molar-refractivity contribution is 6.65. The van der Waals surface area contributed by atoms with Crippen LogP contribution in [0.2, 0.25) is 0 Å². The molecule has 1 aliphatic carbocycles. The van der Waals surface area contributed by atoms with E-state index < -0.39 is 6.09 Å². The second kappa shape index (κ2) is 10.1. The van der Waals surface area contributed by atoms with E-state index in [1.807, 2.05) is 22.8 Å². The summed E-state index contributed by atoms with van der Waals surface area (Å²) in [5, 5.41) is 4.25. The summed E-state index contributed by atoms with van der Waals surface area (Å²) in [6, 6.07) is 8.06. The molecule has 174 valence electrons. The zero-order valence-corrected chi connectivity index (χ0v) is 19.4. The standard InChI is InChI=1S/C24H28ClN5O3/c1-15(26)22-23(29-16(2)25)30(14-28-22)9-3-4-10-32-24(31)27-13-17-5-8-20-19(11-17)12-21(33-20)18-6-7-18/h5,8,11-12,14,18H,1,3-4,6-7,9-10,13,26H2,2H3,(H,27,31)/b29-16+. The van der Waals surface area contributed by atoms with Crippen molar-refractivity contribution >= 4 is 45.3 Å². The molecule has 1 aliphatic rings. The summed E-state index contributed by atoms with van der Waals surface area (Å²) in [4.78, 5) is 20.6. The van der Waals surface area contributed by atoms with Crippen molar-refractivity contribution in [2.45, 2.75) is 51.6 Å². The van der Waals surface area contributed by atoms with Crippen molar-refractivity contribution in [2.75, 3.05) is 6.61 Å². The van der Waals surface area contributed by atoms with Crippen LogP contribution in [0.25, 0.3) is 16.7 Å². The number of halogens is 1. The third-order valence-corrected chi connectivity index (χ3v) is 5.50. The zero-order valence-electron chi connectivity index (χ0n) is 18.6. The molecule has 0 aliphatic heterocycles. The van der Waals surface area contributed by atoms with Crippen molar-refractivity contribution in [1.82, 2.24) is 14.9 Å². The van der Waals surface area contributed by atoms with E-state index >= 15 is 0 Å². The van der Waals surface area contributed by atoms with Crippen LogP contribution in [0.4, 0.5) is 10.6 Å². The van der Waals surface area contributed by atoms with Gasteiger partial charge in [-0.05, 0) is 56.4 Å². The molecule has 1 saturated carbocycles. The summed E-state index contributed by atoms with van der Waals surface area (Å²) >= 11 is 5.92. The van der Waals surface area contributed by atoms with Crippen molar-refractivity contribution < 1.29 is 13.9 Å². The second-order valence-electron chi connectivity index (χ2n) is 8.24. The van der Waals surface area contributed by atoms with E-state index in [4.69, 9.17) is 26.5 Å². The maximum atomic E-state index is 12.0. The molecule has 3 aromatic rings. The maximum Gasteiger partial charge on any atom is 0.407 e. The first-order valence-corrected chi connectivity index (χ1v) is 11.4. The lowest BCUT2D eigenvalue weighted by atomic mass is 10.1. The molecule has 0 unspecified atom stereocenters. The van der Waals surface area contributed by atoms with Gasteiger partial charge in [0.25, 0.3) is 0 Å². The molecule has 0 bridgehead atoms. The second-order valence-corrected chi connectivity index (χ2v) is 8.78. The van der Waals surface area contributed by atoms with E-state index in [2.05, 4.69) is 27.9 Å². The molecule has 4 rings (SSSR count). The Balaban J connectivity index is 1.19. The van der Waals surface area contributed by atoms with Crippen molar-refractivity contribution in [3.8, 4) is 0 Å². The van der Waals surface area contributed by atoms with Crippen LogP contribution in [0.5, 0.6) is 0 Å². The third kappa shape index (κ3) is 5.96. The molecule has 8 nitrogen and oxygen atoms in total. The van der Waals surface area contributed by atoms with Crippen molar-refractivity contribution in [1.29, 1.82) is 0 Å². The Labute approximate surface area is 197 Å². The molecule has 1 aromatic carbocycles. The fourth-order valence-electron chi connectivity index (χ4n) is 3.60. The SMILES string of the molecule is C=C(N)c1ncn(CCCCOC(=O)NCc2ccc3oc(C4CC4)cc3c2)c1/N=C(\C)Cl. The minimum atomic E-state index is -0.437. The number of alkyl carbamates (subject to hydrolysis) is 1. The Bertz CT molecular complexity index is 1190. The molecule has 33 heavy (non-hydrogen) atoms. The number of nitrogens with two attached hydrogens (primary N) is 1. The molecule has 1 fully saturated rings. The Morgan fingerprint density at radius 1 is 1.39 bits per heavy atom. The minimum Gasteiger partial charge on any atom is -0.461 e. The van der Waals surface area contributed by atoms with Gasteiger partial charge in [0.1, 0.15) is 22.2 Å². The van der Waals surface area contributed by atoms with Gasteiger partial charge in [-0.3, -0.25) is 0 Å². The lowest BCUT2D eigenvalue weighted by Gasteiger charge is -2.09. The molecule has 9 heteroatoms. The minimum absolute atomic E-state index is 0.315. The van der Waals surface area contributed by atoms with Gasteiger partial charge in [0.2, 0.25) is 0 Å². The average molecular weight is 470 g/mol. The molecule has 2 aromatic heterocycles. The zero-order chi connectivity index (χ0) is 23.4. The number of furan rings is 1. The number of imidazole rings is 1. The number of aliphatic imine (C=N–C) groups is 1. The maximum absolute atomic E-state index is 12.0. The molecule has 2 heterocycles. The quantitative estimate of drug-likeness (QED) is 0.304. The number of benzene rings is 1. The number of hydrogen-bond acceptors (Lipinski definition) is 6. The van der Waals surface area contributed by atoms with E-state index in [1.54, 1.807) is 13.3 Å². The van der Waals surface area contributed by atoms with Crippen LogP contribution in [0.1, 0.15) is 55.5 Å². The fraction of sp³-hybridized carbons (Fsp3) is 0.375. The van der Waals surface area contributed by atoms with Gasteiger partial charge >= 0.3 is 6.09 Å². The Kier molecular flexibility index (Phi) is 7.03. The summed E-state index contributed by atoms with van der Waals surface area (Å²) in [5.74, 6) is 2.22. The molecule has 0 spiro atoms. The summed E-state index contributed by atoms with van der Waals surface area (Å²) < 4.78 is 13.0. The number of hydrogen-bond donors (Lipinski definition) is 2. The average Bonchev–Trinajstić information content (AvgIpc) is 3.42. The highest BCUT2D eigenvalue weighted by Gasteiger charge is 2.27. The number of carbonyl (C=O) groups excluding carboxylic acids is 1. The van der Waals surface area contributed by atoms with E-state index in [1.165, 1.54) is 12.8 Å².